The average molecular weight is 309 g/mol. The van der Waals surface area contributed by atoms with Gasteiger partial charge in [-0.15, -0.1) is 0 Å². The Morgan fingerprint density at radius 3 is 1.14 bits per heavy atom. The molecule has 0 aliphatic heterocycles. The summed E-state index contributed by atoms with van der Waals surface area (Å²) in [4.78, 5) is 0. The van der Waals surface area contributed by atoms with Crippen molar-refractivity contribution in [1.29, 1.82) is 0 Å². The van der Waals surface area contributed by atoms with Crippen LogP contribution >= 0.6 is 0 Å². The van der Waals surface area contributed by atoms with E-state index >= 15 is 0 Å². The average Bonchev–Trinajstić information content (AvgIpc) is 0.722. The van der Waals surface area contributed by atoms with Crippen molar-refractivity contribution >= 4 is 27.8 Å². The van der Waals surface area contributed by atoms with Crippen molar-refractivity contribution in [2.24, 2.45) is 0 Å². The molecule has 0 spiro atoms. The van der Waals surface area contributed by atoms with Crippen LogP contribution in [0.2, 0.25) is 0 Å². The second kappa shape index (κ2) is 5.21. The van der Waals surface area contributed by atoms with Crippen LogP contribution in [-0.2, 0) is 30.8 Å². The molecule has 1 radical (unpaired) electrons. The molecule has 7 heavy (non-hydrogen) atoms. The molecule has 0 bridgehead atoms. The van der Waals surface area contributed by atoms with E-state index in [0.717, 1.165) is 0 Å². The number of hydrogen-bond donors (Lipinski definition) is 0. The van der Waals surface area contributed by atoms with E-state index in [9.17, 15) is 0 Å². The summed E-state index contributed by atoms with van der Waals surface area (Å²) in [6.07, 6.45) is 0. The Morgan fingerprint density at radius 1 is 1.14 bits per heavy atom. The van der Waals surface area contributed by atoms with Crippen LogP contribution in [0.1, 0.15) is 0 Å². The van der Waals surface area contributed by atoms with Crippen LogP contribution in [0, 0.1) is 0 Å². The van der Waals surface area contributed by atoms with E-state index in [1.165, 1.54) is 0 Å². The first kappa shape index (κ1) is 15.7. The first-order chi connectivity index (χ1) is 2.00. The second-order valence-corrected chi connectivity index (χ2v) is 1.22. The van der Waals surface area contributed by atoms with E-state index in [-0.39, 0.29) is 37.8 Å². The van der Waals surface area contributed by atoms with E-state index in [1.807, 2.05) is 0 Å². The summed E-state index contributed by atoms with van der Waals surface area (Å²) >= 11 is 0. The quantitative estimate of drug-likeness (QED) is 0.303. The molecule has 0 saturated heterocycles. The minimum absolute atomic E-state index is 0. The Labute approximate surface area is 65.7 Å². The minimum Gasteiger partial charge on any atom is -0.759 e. The van der Waals surface area contributed by atoms with E-state index in [4.69, 9.17) is 17.5 Å². The fraction of sp³-hybridized carbons (Fsp3) is 0. The third-order valence-corrected chi connectivity index (χ3v) is 0. The van der Waals surface area contributed by atoms with Gasteiger partial charge in [0.2, 0.25) is 0 Å². The maximum absolute atomic E-state index is 8.52. The molecular weight excluding hydrogens is 309 g/mol. The van der Waals surface area contributed by atoms with Gasteiger partial charge in [-0.3, -0.25) is 8.42 Å². The zero-order valence-electron chi connectivity index (χ0n) is 3.00. The van der Waals surface area contributed by atoms with Crippen molar-refractivity contribution in [3.63, 3.8) is 0 Å². The monoisotopic (exact) mass is 310 g/mol. The summed E-state index contributed by atoms with van der Waals surface area (Å²) in [6, 6.07) is 0. The third-order valence-electron chi connectivity index (χ3n) is 0. The fourth-order valence-electron chi connectivity index (χ4n) is 0. The third kappa shape index (κ3) is 160. The molecule has 0 aromatic heterocycles. The predicted molar refractivity (Wildman–Crippen MR) is 16.2 cm³/mol. The molecule has 0 saturated carbocycles. The van der Waals surface area contributed by atoms with Gasteiger partial charge in [0.05, 0.1) is 0 Å². The van der Waals surface area contributed by atoms with Gasteiger partial charge >= 0.3 is 17.4 Å². The van der Waals surface area contributed by atoms with Crippen molar-refractivity contribution < 1.29 is 37.9 Å². The molecule has 39 valence electrons. The summed E-state index contributed by atoms with van der Waals surface area (Å²) < 4.78 is 34.1. The van der Waals surface area contributed by atoms with E-state index in [2.05, 4.69) is 0 Å². The van der Waals surface area contributed by atoms with E-state index < -0.39 is 10.4 Å². The summed E-state index contributed by atoms with van der Waals surface area (Å²) in [7, 11) is -5.17. The first-order valence-corrected chi connectivity index (χ1v) is 2.00. The van der Waals surface area contributed by atoms with Crippen molar-refractivity contribution in [2.45, 2.75) is 0 Å². The van der Waals surface area contributed by atoms with Crippen molar-refractivity contribution in [2.75, 3.05) is 0 Å². The molecule has 0 atom stereocenters. The van der Waals surface area contributed by atoms with Crippen molar-refractivity contribution in [1.82, 2.24) is 0 Å². The van der Waals surface area contributed by atoms with Crippen LogP contribution in [0.5, 0.6) is 0 Å². The Balaban J connectivity index is -0.0000000800. The predicted octanol–water partition coefficient (Wildman–Crippen LogP) is -1.72. The largest absolute Gasteiger partial charge is 3.00 e. The van der Waals surface area contributed by atoms with Gasteiger partial charge in [0.1, 0.15) is 0 Å². The molecule has 0 aliphatic rings. The van der Waals surface area contributed by atoms with Crippen LogP contribution in [0.15, 0.2) is 0 Å². The molecule has 0 heterocycles. The Kier molecular flexibility index (Phi) is 11.7. The van der Waals surface area contributed by atoms with Gasteiger partial charge in [-0.1, -0.05) is 0 Å². The molecule has 0 fully saturated rings. The topological polar surface area (TPSA) is 80.3 Å². The van der Waals surface area contributed by atoms with Crippen molar-refractivity contribution in [3.8, 4) is 0 Å². The molecule has 0 aromatic rings. The van der Waals surface area contributed by atoms with Crippen molar-refractivity contribution in [3.05, 3.63) is 0 Å². The Hall–Kier alpha value is 1.06. The molecule has 7 heteroatoms. The number of rotatable bonds is 0. The van der Waals surface area contributed by atoms with Crippen LogP contribution in [0.25, 0.3) is 0 Å². The van der Waals surface area contributed by atoms with Gasteiger partial charge in [-0.25, -0.2) is 0 Å². The van der Waals surface area contributed by atoms with Gasteiger partial charge in [0, 0.05) is 30.8 Å². The molecule has 4 nitrogen and oxygen atoms in total. The maximum Gasteiger partial charge on any atom is 3.00 e. The molecule has 0 aliphatic carbocycles. The molecule has 0 amide bonds. The molecule has 0 rings (SSSR count). The summed E-state index contributed by atoms with van der Waals surface area (Å²) in [5.41, 5.74) is 0. The summed E-state index contributed by atoms with van der Waals surface area (Å²) in [5, 5.41) is 0. The van der Waals surface area contributed by atoms with Crippen LogP contribution in [0.4, 0.5) is 0 Å². The zero-order valence-corrected chi connectivity index (χ0v) is 7.68. The van der Waals surface area contributed by atoms with Gasteiger partial charge in [-0.2, -0.15) is 0 Å². The SMILES string of the molecule is O=S(=O)([O-])[O-].[Al+3].[Re]. The van der Waals surface area contributed by atoms with Gasteiger partial charge in [0.25, 0.3) is 0 Å². The maximum atomic E-state index is 8.52. The second-order valence-electron chi connectivity index (χ2n) is 0.408. The Bertz CT molecular complexity index is 94.9. The van der Waals surface area contributed by atoms with Gasteiger partial charge < -0.3 is 9.11 Å². The van der Waals surface area contributed by atoms with Crippen LogP contribution < -0.4 is 0 Å². The van der Waals surface area contributed by atoms with E-state index in [1.54, 1.807) is 0 Å². The fourth-order valence-corrected chi connectivity index (χ4v) is 0. The van der Waals surface area contributed by atoms with Gasteiger partial charge in [0.15, 0.2) is 0 Å². The van der Waals surface area contributed by atoms with Crippen LogP contribution in [-0.4, -0.2) is 34.9 Å². The molecule has 0 N–H and O–H groups in total. The summed E-state index contributed by atoms with van der Waals surface area (Å²) in [6.45, 7) is 0. The molecule has 0 unspecified atom stereocenters. The first-order valence-electron chi connectivity index (χ1n) is 0.667. The number of hydrogen-bond acceptors (Lipinski definition) is 4. The van der Waals surface area contributed by atoms with Gasteiger partial charge in [-0.05, 0) is 0 Å². The smallest absolute Gasteiger partial charge is 0.759 e. The standard InChI is InChI=1S/Al.H2O4S.Re/c;1-5(2,3)4;/h;(H2,1,2,3,4);/q+3;;/p-2. The normalized spacial score (nSPS) is 8.29. The Morgan fingerprint density at radius 2 is 1.14 bits per heavy atom. The summed E-state index contributed by atoms with van der Waals surface area (Å²) in [5.74, 6) is 0. The van der Waals surface area contributed by atoms with E-state index in [0.29, 0.717) is 0 Å². The minimum atomic E-state index is -5.17. The molecule has 0 aromatic carbocycles. The molecular formula is AlO4ReS+. The zero-order chi connectivity index (χ0) is 4.50. The van der Waals surface area contributed by atoms with Crippen LogP contribution in [0.3, 0.4) is 0 Å².